The van der Waals surface area contributed by atoms with Gasteiger partial charge in [-0.3, -0.25) is 0 Å². The molecule has 2 heterocycles. The Labute approximate surface area is 124 Å². The number of hydrogen-bond donors (Lipinski definition) is 2. The molecule has 2 N–H and O–H groups in total. The molecule has 0 radical (unpaired) electrons. The van der Waals surface area contributed by atoms with Crippen molar-refractivity contribution in [2.45, 2.75) is 19.5 Å². The molecule has 0 bridgehead atoms. The van der Waals surface area contributed by atoms with Crippen molar-refractivity contribution in [3.8, 4) is 0 Å². The number of rotatable bonds is 4. The average molecular weight is 292 g/mol. The highest BCUT2D eigenvalue weighted by Crippen LogP contribution is 2.27. The smallest absolute Gasteiger partial charge is 0.317 e. The fraction of sp³-hybridized carbons (Fsp3) is 0.533. The average Bonchev–Trinajstić information content (AvgIpc) is 2.86. The van der Waals surface area contributed by atoms with Crippen molar-refractivity contribution in [1.82, 2.24) is 15.5 Å². The van der Waals surface area contributed by atoms with Crippen molar-refractivity contribution in [2.75, 3.05) is 37.6 Å². The minimum absolute atomic E-state index is 0.000978. The Morgan fingerprint density at radius 1 is 1.43 bits per heavy atom. The van der Waals surface area contributed by atoms with Crippen LogP contribution in [0.4, 0.5) is 14.9 Å². The van der Waals surface area contributed by atoms with Crippen molar-refractivity contribution < 1.29 is 9.18 Å². The number of carbonyl (C=O) groups is 1. The van der Waals surface area contributed by atoms with E-state index < -0.39 is 0 Å². The number of urea groups is 1. The van der Waals surface area contributed by atoms with E-state index in [-0.39, 0.29) is 17.9 Å². The maximum absolute atomic E-state index is 14.3. The summed E-state index contributed by atoms with van der Waals surface area (Å²) in [6, 6.07) is 5.36. The summed E-state index contributed by atoms with van der Waals surface area (Å²) >= 11 is 0. The zero-order chi connectivity index (χ0) is 14.8. The third kappa shape index (κ3) is 2.68. The number of nitrogens with zero attached hydrogens (tertiary/aromatic N) is 2. The molecule has 1 aromatic carbocycles. The zero-order valence-electron chi connectivity index (χ0n) is 12.2. The topological polar surface area (TPSA) is 47.6 Å². The highest BCUT2D eigenvalue weighted by molar-refractivity contribution is 5.77. The molecule has 2 aliphatic rings. The van der Waals surface area contributed by atoms with E-state index in [0.29, 0.717) is 38.4 Å². The summed E-state index contributed by atoms with van der Waals surface area (Å²) in [4.78, 5) is 15.6. The molecule has 0 aromatic heterocycles. The maximum Gasteiger partial charge on any atom is 0.317 e. The van der Waals surface area contributed by atoms with Crippen molar-refractivity contribution in [2.24, 2.45) is 0 Å². The van der Waals surface area contributed by atoms with Crippen LogP contribution in [0.15, 0.2) is 18.2 Å². The molecule has 0 spiro atoms. The van der Waals surface area contributed by atoms with Crippen molar-refractivity contribution in [3.63, 3.8) is 0 Å². The summed E-state index contributed by atoms with van der Waals surface area (Å²) in [5.74, 6) is -0.184. The molecule has 6 heteroatoms. The van der Waals surface area contributed by atoms with Gasteiger partial charge in [-0.05, 0) is 18.2 Å². The monoisotopic (exact) mass is 292 g/mol. The lowest BCUT2D eigenvalue weighted by atomic mass is 10.1. The van der Waals surface area contributed by atoms with Gasteiger partial charge in [0.25, 0.3) is 0 Å². The predicted octanol–water partition coefficient (Wildman–Crippen LogP) is 1.15. The Balaban J connectivity index is 1.82. The number of nitrogens with one attached hydrogen (secondary N) is 2. The SMILES string of the molecule is CCNCc1cccc(F)c1N1CCN2C(=O)NCC2C1. The fourth-order valence-corrected chi connectivity index (χ4v) is 3.12. The number of carbonyl (C=O) groups excluding carboxylic acids is 1. The van der Waals surface area contributed by atoms with Crippen LogP contribution in [0.25, 0.3) is 0 Å². The highest BCUT2D eigenvalue weighted by Gasteiger charge is 2.36. The molecule has 0 aliphatic carbocycles. The molecule has 1 atom stereocenters. The van der Waals surface area contributed by atoms with Crippen molar-refractivity contribution in [1.29, 1.82) is 0 Å². The van der Waals surface area contributed by atoms with Crippen LogP contribution in [0, 0.1) is 5.82 Å². The molecular weight excluding hydrogens is 271 g/mol. The van der Waals surface area contributed by atoms with E-state index in [0.717, 1.165) is 12.1 Å². The van der Waals surface area contributed by atoms with Crippen LogP contribution in [0.5, 0.6) is 0 Å². The third-order valence-electron chi connectivity index (χ3n) is 4.18. The summed E-state index contributed by atoms with van der Waals surface area (Å²) in [5, 5.41) is 6.11. The summed E-state index contributed by atoms with van der Waals surface area (Å²) in [5.41, 5.74) is 1.65. The Morgan fingerprint density at radius 3 is 3.10 bits per heavy atom. The number of para-hydroxylation sites is 1. The van der Waals surface area contributed by atoms with Crippen LogP contribution in [0.2, 0.25) is 0 Å². The number of piperazine rings is 1. The molecule has 1 unspecified atom stereocenters. The van der Waals surface area contributed by atoms with Gasteiger partial charge in [0.05, 0.1) is 11.7 Å². The van der Waals surface area contributed by atoms with Gasteiger partial charge >= 0.3 is 6.03 Å². The highest BCUT2D eigenvalue weighted by atomic mass is 19.1. The first kappa shape index (κ1) is 14.1. The van der Waals surface area contributed by atoms with E-state index in [2.05, 4.69) is 15.5 Å². The second kappa shape index (κ2) is 5.89. The lowest BCUT2D eigenvalue weighted by Gasteiger charge is -2.38. The first-order valence-corrected chi connectivity index (χ1v) is 7.48. The number of halogens is 1. The van der Waals surface area contributed by atoms with Crippen LogP contribution < -0.4 is 15.5 Å². The van der Waals surface area contributed by atoms with Gasteiger partial charge in [0.15, 0.2) is 0 Å². The van der Waals surface area contributed by atoms with Crippen LogP contribution in [0.3, 0.4) is 0 Å². The fourth-order valence-electron chi connectivity index (χ4n) is 3.12. The van der Waals surface area contributed by atoms with Gasteiger partial charge in [-0.1, -0.05) is 19.1 Å². The van der Waals surface area contributed by atoms with E-state index in [1.165, 1.54) is 6.07 Å². The van der Waals surface area contributed by atoms with Crippen LogP contribution in [0.1, 0.15) is 12.5 Å². The van der Waals surface area contributed by atoms with Crippen LogP contribution in [-0.2, 0) is 6.54 Å². The van der Waals surface area contributed by atoms with E-state index in [4.69, 9.17) is 0 Å². The summed E-state index contributed by atoms with van der Waals surface area (Å²) in [6.07, 6.45) is 0. The molecular formula is C15H21FN4O. The lowest BCUT2D eigenvalue weighted by molar-refractivity contribution is 0.197. The van der Waals surface area contributed by atoms with Gasteiger partial charge in [-0.15, -0.1) is 0 Å². The molecule has 2 saturated heterocycles. The molecule has 1 aromatic rings. The largest absolute Gasteiger partial charge is 0.365 e. The molecule has 3 rings (SSSR count). The Kier molecular flexibility index (Phi) is 3.96. The van der Waals surface area contributed by atoms with Gasteiger partial charge in [0.1, 0.15) is 5.82 Å². The molecule has 5 nitrogen and oxygen atoms in total. The van der Waals surface area contributed by atoms with E-state index >= 15 is 0 Å². The Bertz CT molecular complexity index is 536. The van der Waals surface area contributed by atoms with Crippen LogP contribution >= 0.6 is 0 Å². The number of anilines is 1. The van der Waals surface area contributed by atoms with Crippen molar-refractivity contribution >= 4 is 11.7 Å². The van der Waals surface area contributed by atoms with E-state index in [1.807, 2.05) is 17.9 Å². The standard InChI is InChI=1S/C15H21FN4O/c1-2-17-8-11-4-3-5-13(16)14(11)19-6-7-20-12(10-19)9-18-15(20)21/h3-5,12,17H,2,6-10H2,1H3,(H,18,21). The number of amides is 2. The summed E-state index contributed by atoms with van der Waals surface area (Å²) < 4.78 is 14.3. The Morgan fingerprint density at radius 2 is 2.29 bits per heavy atom. The lowest BCUT2D eigenvalue weighted by Crippen LogP contribution is -2.52. The number of fused-ring (bicyclic) bond motifs is 1. The summed E-state index contributed by atoms with van der Waals surface area (Å²) in [7, 11) is 0. The van der Waals surface area contributed by atoms with Gasteiger partial charge in [0.2, 0.25) is 0 Å². The minimum atomic E-state index is -0.184. The molecule has 21 heavy (non-hydrogen) atoms. The second-order valence-electron chi connectivity index (χ2n) is 5.51. The van der Waals surface area contributed by atoms with Gasteiger partial charge in [-0.2, -0.15) is 0 Å². The number of benzene rings is 1. The first-order chi connectivity index (χ1) is 10.2. The van der Waals surface area contributed by atoms with Crippen molar-refractivity contribution in [3.05, 3.63) is 29.6 Å². The zero-order valence-corrected chi connectivity index (χ0v) is 12.2. The molecule has 2 amide bonds. The Hall–Kier alpha value is -1.82. The third-order valence-corrected chi connectivity index (χ3v) is 4.18. The second-order valence-corrected chi connectivity index (χ2v) is 5.51. The first-order valence-electron chi connectivity index (χ1n) is 7.48. The van der Waals surface area contributed by atoms with Gasteiger partial charge in [0, 0.05) is 32.7 Å². The van der Waals surface area contributed by atoms with E-state index in [9.17, 15) is 9.18 Å². The normalized spacial score (nSPS) is 21.4. The predicted molar refractivity (Wildman–Crippen MR) is 79.9 cm³/mol. The quantitative estimate of drug-likeness (QED) is 0.875. The number of hydrogen-bond acceptors (Lipinski definition) is 3. The van der Waals surface area contributed by atoms with Gasteiger partial charge in [-0.25, -0.2) is 9.18 Å². The maximum atomic E-state index is 14.3. The molecule has 2 fully saturated rings. The molecule has 2 aliphatic heterocycles. The summed E-state index contributed by atoms with van der Waals surface area (Å²) in [6.45, 7) is 6.19. The molecule has 0 saturated carbocycles. The minimum Gasteiger partial charge on any atom is -0.365 e. The van der Waals surface area contributed by atoms with Crippen LogP contribution in [-0.4, -0.2) is 49.7 Å². The van der Waals surface area contributed by atoms with E-state index in [1.54, 1.807) is 6.07 Å². The van der Waals surface area contributed by atoms with Gasteiger partial charge < -0.3 is 20.4 Å². The molecule has 114 valence electrons.